The quantitative estimate of drug-likeness (QED) is 0.715. The molecule has 160 valence electrons. The number of nitrogens with one attached hydrogen (secondary N) is 1. The lowest BCUT2D eigenvalue weighted by molar-refractivity contribution is 0.0357. The van der Waals surface area contributed by atoms with Crippen molar-refractivity contribution in [3.05, 3.63) is 51.6 Å². The molecule has 1 saturated heterocycles. The molecule has 2 aliphatic heterocycles. The summed E-state index contributed by atoms with van der Waals surface area (Å²) in [7, 11) is 0. The smallest absolute Gasteiger partial charge is 0.254 e. The second kappa shape index (κ2) is 9.96. The number of pyridine rings is 1. The van der Waals surface area contributed by atoms with Crippen LogP contribution in [0.2, 0.25) is 10.0 Å². The SMILES string of the molecule is O=C1c2ccnc(Nc3ccc(Cl)c(Cl)c3)c2CCCN1CCCN1CCOCC1. The van der Waals surface area contributed by atoms with Crippen LogP contribution >= 0.6 is 23.2 Å². The van der Waals surface area contributed by atoms with Gasteiger partial charge in [-0.25, -0.2) is 4.98 Å². The highest BCUT2D eigenvalue weighted by Gasteiger charge is 2.25. The summed E-state index contributed by atoms with van der Waals surface area (Å²) >= 11 is 12.1. The van der Waals surface area contributed by atoms with E-state index in [1.165, 1.54) is 0 Å². The van der Waals surface area contributed by atoms with Gasteiger partial charge in [0.15, 0.2) is 0 Å². The van der Waals surface area contributed by atoms with Crippen molar-refractivity contribution in [3.8, 4) is 0 Å². The van der Waals surface area contributed by atoms with Crippen molar-refractivity contribution in [2.75, 3.05) is 51.3 Å². The zero-order valence-electron chi connectivity index (χ0n) is 16.9. The summed E-state index contributed by atoms with van der Waals surface area (Å²) in [6.45, 7) is 6.10. The van der Waals surface area contributed by atoms with Gasteiger partial charge in [0, 0.05) is 55.7 Å². The highest BCUT2D eigenvalue weighted by Crippen LogP contribution is 2.30. The Morgan fingerprint density at radius 3 is 2.70 bits per heavy atom. The standard InChI is InChI=1S/C22H26Cl2N4O2/c23-19-5-4-16(15-20(19)24)26-21-17-3-1-9-28(22(29)18(17)6-7-25-21)10-2-8-27-11-13-30-14-12-27/h4-7,15H,1-3,8-14H2,(H,25,26). The van der Waals surface area contributed by atoms with Gasteiger partial charge in [0.05, 0.1) is 23.3 Å². The largest absolute Gasteiger partial charge is 0.379 e. The first-order chi connectivity index (χ1) is 14.6. The van der Waals surface area contributed by atoms with Crippen molar-refractivity contribution in [2.45, 2.75) is 19.3 Å². The summed E-state index contributed by atoms with van der Waals surface area (Å²) in [5.41, 5.74) is 2.49. The van der Waals surface area contributed by atoms with E-state index in [2.05, 4.69) is 15.2 Å². The number of morpholine rings is 1. The molecule has 1 amide bonds. The number of hydrogen-bond donors (Lipinski definition) is 1. The van der Waals surface area contributed by atoms with E-state index in [0.717, 1.165) is 82.0 Å². The number of halogens is 2. The molecule has 4 rings (SSSR count). The van der Waals surface area contributed by atoms with Crippen molar-refractivity contribution >= 4 is 40.6 Å². The molecular weight excluding hydrogens is 423 g/mol. The molecule has 8 heteroatoms. The number of nitrogens with zero attached hydrogens (tertiary/aromatic N) is 3. The zero-order chi connectivity index (χ0) is 20.9. The van der Waals surface area contributed by atoms with Crippen LogP contribution < -0.4 is 5.32 Å². The lowest BCUT2D eigenvalue weighted by atomic mass is 10.0. The molecule has 1 N–H and O–H groups in total. The van der Waals surface area contributed by atoms with Crippen molar-refractivity contribution < 1.29 is 9.53 Å². The van der Waals surface area contributed by atoms with E-state index in [4.69, 9.17) is 27.9 Å². The van der Waals surface area contributed by atoms with Crippen molar-refractivity contribution in [3.63, 3.8) is 0 Å². The predicted octanol–water partition coefficient (Wildman–Crippen LogP) is 4.24. The maximum absolute atomic E-state index is 13.2. The summed E-state index contributed by atoms with van der Waals surface area (Å²) in [6, 6.07) is 7.19. The lowest BCUT2D eigenvalue weighted by Crippen LogP contribution is -2.39. The summed E-state index contributed by atoms with van der Waals surface area (Å²) < 4.78 is 5.40. The van der Waals surface area contributed by atoms with Crippen LogP contribution in [-0.4, -0.2) is 66.6 Å². The molecule has 6 nitrogen and oxygen atoms in total. The summed E-state index contributed by atoms with van der Waals surface area (Å²) in [5.74, 6) is 0.790. The molecule has 3 heterocycles. The molecule has 1 aromatic heterocycles. The average molecular weight is 449 g/mol. The number of rotatable bonds is 6. The van der Waals surface area contributed by atoms with Gasteiger partial charge < -0.3 is 15.0 Å². The lowest BCUT2D eigenvalue weighted by Gasteiger charge is -2.28. The second-order valence-corrected chi connectivity index (χ2v) is 8.46. The molecule has 2 aliphatic rings. The Bertz CT molecular complexity index is 903. The first-order valence-electron chi connectivity index (χ1n) is 10.4. The van der Waals surface area contributed by atoms with Gasteiger partial charge in [-0.05, 0) is 43.5 Å². The van der Waals surface area contributed by atoms with Crippen LogP contribution in [0.5, 0.6) is 0 Å². The van der Waals surface area contributed by atoms with Gasteiger partial charge in [0.2, 0.25) is 0 Å². The minimum absolute atomic E-state index is 0.0871. The number of amides is 1. The number of anilines is 2. The zero-order valence-corrected chi connectivity index (χ0v) is 18.4. The van der Waals surface area contributed by atoms with Crippen LogP contribution in [0, 0.1) is 0 Å². The van der Waals surface area contributed by atoms with Crippen LogP contribution in [0.3, 0.4) is 0 Å². The molecule has 1 fully saturated rings. The third-order valence-electron chi connectivity index (χ3n) is 5.62. The number of hydrogen-bond acceptors (Lipinski definition) is 5. The first kappa shape index (κ1) is 21.4. The summed E-state index contributed by atoms with van der Waals surface area (Å²) in [4.78, 5) is 22.1. The van der Waals surface area contributed by atoms with Crippen molar-refractivity contribution in [1.29, 1.82) is 0 Å². The number of fused-ring (bicyclic) bond motifs is 1. The minimum Gasteiger partial charge on any atom is -0.379 e. The normalized spacial score (nSPS) is 17.5. The number of ether oxygens (including phenoxy) is 1. The molecule has 0 unspecified atom stereocenters. The van der Waals surface area contributed by atoms with Gasteiger partial charge in [-0.15, -0.1) is 0 Å². The Kier molecular flexibility index (Phi) is 7.10. The van der Waals surface area contributed by atoms with Crippen molar-refractivity contribution in [2.24, 2.45) is 0 Å². The third kappa shape index (κ3) is 5.06. The van der Waals surface area contributed by atoms with E-state index in [9.17, 15) is 4.79 Å². The number of carbonyl (C=O) groups is 1. The third-order valence-corrected chi connectivity index (χ3v) is 6.36. The van der Waals surface area contributed by atoms with Crippen LogP contribution in [0.1, 0.15) is 28.8 Å². The maximum atomic E-state index is 13.2. The van der Waals surface area contributed by atoms with E-state index in [1.807, 2.05) is 17.0 Å². The highest BCUT2D eigenvalue weighted by atomic mass is 35.5. The van der Waals surface area contributed by atoms with Crippen LogP contribution in [0.15, 0.2) is 30.5 Å². The average Bonchev–Trinajstić information content (AvgIpc) is 2.91. The number of benzene rings is 1. The first-order valence-corrected chi connectivity index (χ1v) is 11.2. The molecule has 1 aromatic carbocycles. The van der Waals surface area contributed by atoms with Gasteiger partial charge in [0.1, 0.15) is 5.82 Å². The molecule has 0 saturated carbocycles. The molecular formula is C22H26Cl2N4O2. The van der Waals surface area contributed by atoms with E-state index in [1.54, 1.807) is 18.3 Å². The van der Waals surface area contributed by atoms with Crippen molar-refractivity contribution in [1.82, 2.24) is 14.8 Å². The number of aromatic nitrogens is 1. The highest BCUT2D eigenvalue weighted by molar-refractivity contribution is 6.42. The van der Waals surface area contributed by atoms with E-state index in [-0.39, 0.29) is 5.91 Å². The molecule has 0 spiro atoms. The van der Waals surface area contributed by atoms with Gasteiger partial charge >= 0.3 is 0 Å². The fourth-order valence-electron chi connectivity index (χ4n) is 4.01. The van der Waals surface area contributed by atoms with Crippen LogP contribution in [-0.2, 0) is 11.2 Å². The Morgan fingerprint density at radius 2 is 1.90 bits per heavy atom. The Balaban J connectivity index is 1.45. The van der Waals surface area contributed by atoms with Crippen LogP contribution in [0.4, 0.5) is 11.5 Å². The summed E-state index contributed by atoms with van der Waals surface area (Å²) in [6.07, 6.45) is 4.38. The predicted molar refractivity (Wildman–Crippen MR) is 120 cm³/mol. The maximum Gasteiger partial charge on any atom is 0.254 e. The number of carbonyl (C=O) groups excluding carboxylic acids is 1. The van der Waals surface area contributed by atoms with Crippen LogP contribution in [0.25, 0.3) is 0 Å². The molecule has 2 aromatic rings. The van der Waals surface area contributed by atoms with E-state index < -0.39 is 0 Å². The topological polar surface area (TPSA) is 57.7 Å². The van der Waals surface area contributed by atoms with E-state index >= 15 is 0 Å². The Morgan fingerprint density at radius 1 is 1.07 bits per heavy atom. The fourth-order valence-corrected chi connectivity index (χ4v) is 4.30. The minimum atomic E-state index is 0.0871. The van der Waals surface area contributed by atoms with Gasteiger partial charge in [-0.2, -0.15) is 0 Å². The summed E-state index contributed by atoms with van der Waals surface area (Å²) in [5, 5.41) is 4.29. The molecule has 0 atom stereocenters. The fraction of sp³-hybridized carbons (Fsp3) is 0.455. The Hall–Kier alpha value is -1.86. The Labute approximate surface area is 187 Å². The van der Waals surface area contributed by atoms with E-state index in [0.29, 0.717) is 15.9 Å². The second-order valence-electron chi connectivity index (χ2n) is 7.64. The van der Waals surface area contributed by atoms with Gasteiger partial charge in [-0.1, -0.05) is 23.2 Å². The molecule has 0 aliphatic carbocycles. The van der Waals surface area contributed by atoms with Gasteiger partial charge in [0.25, 0.3) is 5.91 Å². The molecule has 0 radical (unpaired) electrons. The van der Waals surface area contributed by atoms with Gasteiger partial charge in [-0.3, -0.25) is 9.69 Å². The molecule has 0 bridgehead atoms. The monoisotopic (exact) mass is 448 g/mol. The molecule has 30 heavy (non-hydrogen) atoms.